The monoisotopic (exact) mass is 385 g/mol. The van der Waals surface area contributed by atoms with Gasteiger partial charge in [-0.1, -0.05) is 12.1 Å². The molecule has 0 saturated carbocycles. The van der Waals surface area contributed by atoms with Crippen molar-refractivity contribution in [1.29, 1.82) is 0 Å². The third-order valence-corrected chi connectivity index (χ3v) is 4.47. The van der Waals surface area contributed by atoms with Gasteiger partial charge < -0.3 is 10.5 Å². The van der Waals surface area contributed by atoms with Gasteiger partial charge in [-0.3, -0.25) is 0 Å². The molecule has 0 fully saturated rings. The number of thioether (sulfide) groups is 1. The molecule has 2 N–H and O–H groups in total. The van der Waals surface area contributed by atoms with Gasteiger partial charge >= 0.3 is 0 Å². The smallest absolute Gasteiger partial charge is 0.120 e. The van der Waals surface area contributed by atoms with Gasteiger partial charge in [0.25, 0.3) is 0 Å². The van der Waals surface area contributed by atoms with Crippen LogP contribution in [0.5, 0.6) is 5.75 Å². The Bertz CT molecular complexity index is 542. The van der Waals surface area contributed by atoms with Crippen LogP contribution in [0.2, 0.25) is 0 Å². The van der Waals surface area contributed by atoms with Crippen molar-refractivity contribution in [3.8, 4) is 5.75 Å². The summed E-state index contributed by atoms with van der Waals surface area (Å²) in [6, 6.07) is 14.4. The molecule has 0 saturated heterocycles. The third-order valence-electron chi connectivity index (χ3n) is 2.60. The number of halogens is 1. The number of anilines is 1. The van der Waals surface area contributed by atoms with Crippen LogP contribution < -0.4 is 10.5 Å². The minimum absolute atomic E-state index is 0.672. The first-order valence-electron chi connectivity index (χ1n) is 6.08. The highest BCUT2D eigenvalue weighted by Gasteiger charge is 2.03. The highest BCUT2D eigenvalue weighted by Crippen LogP contribution is 2.31. The first-order chi connectivity index (χ1) is 9.19. The number of nitrogen functional groups attached to an aromatic ring is 1. The molecule has 0 atom stereocenters. The topological polar surface area (TPSA) is 35.2 Å². The summed E-state index contributed by atoms with van der Waals surface area (Å²) in [6.45, 7) is 2.65. The van der Waals surface area contributed by atoms with Crippen LogP contribution in [0.15, 0.2) is 47.4 Å². The van der Waals surface area contributed by atoms with E-state index in [9.17, 15) is 0 Å². The molecule has 0 spiro atoms. The van der Waals surface area contributed by atoms with Gasteiger partial charge in [0.2, 0.25) is 0 Å². The van der Waals surface area contributed by atoms with E-state index in [1.54, 1.807) is 11.8 Å². The first kappa shape index (κ1) is 14.5. The predicted octanol–water partition coefficient (Wildman–Crippen LogP) is 4.56. The summed E-state index contributed by atoms with van der Waals surface area (Å²) in [5.41, 5.74) is 8.10. The zero-order valence-electron chi connectivity index (χ0n) is 10.7. The Hall–Kier alpha value is -0.880. The number of rotatable bonds is 5. The van der Waals surface area contributed by atoms with Crippen molar-refractivity contribution in [2.45, 2.75) is 17.6 Å². The van der Waals surface area contributed by atoms with Crippen molar-refractivity contribution in [3.05, 3.63) is 51.6 Å². The van der Waals surface area contributed by atoms with Crippen LogP contribution in [0, 0.1) is 3.57 Å². The standard InChI is InChI=1S/C15H16INOS/c1-2-18-13-7-8-14(17)15(9-13)19-10-11-3-5-12(16)6-4-11/h3-9H,2,10,17H2,1H3. The summed E-state index contributed by atoms with van der Waals surface area (Å²) >= 11 is 4.05. The summed E-state index contributed by atoms with van der Waals surface area (Å²) in [7, 11) is 0. The highest BCUT2D eigenvalue weighted by molar-refractivity contribution is 14.1. The Balaban J connectivity index is 2.05. The lowest BCUT2D eigenvalue weighted by molar-refractivity contribution is 0.339. The molecule has 0 heterocycles. The van der Waals surface area contributed by atoms with E-state index in [0.717, 1.165) is 22.1 Å². The zero-order chi connectivity index (χ0) is 13.7. The van der Waals surface area contributed by atoms with E-state index >= 15 is 0 Å². The largest absolute Gasteiger partial charge is 0.494 e. The first-order valence-corrected chi connectivity index (χ1v) is 8.15. The Morgan fingerprint density at radius 2 is 1.89 bits per heavy atom. The van der Waals surface area contributed by atoms with Crippen molar-refractivity contribution < 1.29 is 4.74 Å². The normalized spacial score (nSPS) is 10.4. The fourth-order valence-electron chi connectivity index (χ4n) is 1.64. The molecular formula is C15H16INOS. The summed E-state index contributed by atoms with van der Waals surface area (Å²) < 4.78 is 6.75. The third kappa shape index (κ3) is 4.31. The zero-order valence-corrected chi connectivity index (χ0v) is 13.7. The average molecular weight is 385 g/mol. The highest BCUT2D eigenvalue weighted by atomic mass is 127. The predicted molar refractivity (Wildman–Crippen MR) is 90.7 cm³/mol. The minimum atomic E-state index is 0.672. The lowest BCUT2D eigenvalue weighted by Crippen LogP contribution is -1.94. The van der Waals surface area contributed by atoms with E-state index in [0.29, 0.717) is 6.61 Å². The fourth-order valence-corrected chi connectivity index (χ4v) is 2.95. The van der Waals surface area contributed by atoms with Crippen LogP contribution in [0.3, 0.4) is 0 Å². The van der Waals surface area contributed by atoms with E-state index in [1.807, 2.05) is 25.1 Å². The van der Waals surface area contributed by atoms with Gasteiger partial charge in [-0.25, -0.2) is 0 Å². The maximum Gasteiger partial charge on any atom is 0.120 e. The molecule has 0 aliphatic carbocycles. The second-order valence-electron chi connectivity index (χ2n) is 4.05. The quantitative estimate of drug-likeness (QED) is 0.466. The Kier molecular flexibility index (Phi) is 5.39. The molecule has 2 nitrogen and oxygen atoms in total. The van der Waals surface area contributed by atoms with Crippen LogP contribution in [0.1, 0.15) is 12.5 Å². The molecule has 100 valence electrons. The lowest BCUT2D eigenvalue weighted by atomic mass is 10.2. The van der Waals surface area contributed by atoms with Crippen LogP contribution in [0.25, 0.3) is 0 Å². The maximum atomic E-state index is 6.00. The lowest BCUT2D eigenvalue weighted by Gasteiger charge is -2.09. The van der Waals surface area contributed by atoms with E-state index in [4.69, 9.17) is 10.5 Å². The summed E-state index contributed by atoms with van der Waals surface area (Å²) in [4.78, 5) is 1.07. The van der Waals surface area contributed by atoms with Crippen LogP contribution in [-0.2, 0) is 5.75 Å². The second kappa shape index (κ2) is 7.05. The van der Waals surface area contributed by atoms with Gasteiger partial charge in [-0.2, -0.15) is 0 Å². The van der Waals surface area contributed by atoms with E-state index < -0.39 is 0 Å². The van der Waals surface area contributed by atoms with Gasteiger partial charge in [-0.05, 0) is 65.4 Å². The SMILES string of the molecule is CCOc1ccc(N)c(SCc2ccc(I)cc2)c1. The molecule has 0 amide bonds. The van der Waals surface area contributed by atoms with Crippen molar-refractivity contribution in [2.75, 3.05) is 12.3 Å². The van der Waals surface area contributed by atoms with Crippen molar-refractivity contribution in [3.63, 3.8) is 0 Å². The number of hydrogen-bond donors (Lipinski definition) is 1. The Morgan fingerprint density at radius 3 is 2.58 bits per heavy atom. The van der Waals surface area contributed by atoms with Crippen LogP contribution in [-0.4, -0.2) is 6.61 Å². The molecule has 2 aromatic rings. The molecule has 0 unspecified atom stereocenters. The molecule has 2 aromatic carbocycles. The van der Waals surface area contributed by atoms with Gasteiger partial charge in [0.15, 0.2) is 0 Å². The van der Waals surface area contributed by atoms with Crippen LogP contribution in [0.4, 0.5) is 5.69 Å². The summed E-state index contributed by atoms with van der Waals surface area (Å²) in [5.74, 6) is 1.79. The van der Waals surface area contributed by atoms with Crippen molar-refractivity contribution in [1.82, 2.24) is 0 Å². The molecule has 0 aliphatic heterocycles. The number of nitrogens with two attached hydrogens (primary N) is 1. The molecule has 0 aliphatic rings. The van der Waals surface area contributed by atoms with E-state index in [1.165, 1.54) is 9.13 Å². The van der Waals surface area contributed by atoms with Crippen molar-refractivity contribution in [2.24, 2.45) is 0 Å². The van der Waals surface area contributed by atoms with Gasteiger partial charge in [0.1, 0.15) is 5.75 Å². The molecule has 0 radical (unpaired) electrons. The molecule has 4 heteroatoms. The second-order valence-corrected chi connectivity index (χ2v) is 6.31. The Morgan fingerprint density at radius 1 is 1.16 bits per heavy atom. The average Bonchev–Trinajstić information content (AvgIpc) is 2.41. The Labute approximate surface area is 131 Å². The maximum absolute atomic E-state index is 6.00. The molecule has 0 bridgehead atoms. The van der Waals surface area contributed by atoms with Gasteiger partial charge in [0, 0.05) is 19.9 Å². The van der Waals surface area contributed by atoms with Gasteiger partial charge in [0.05, 0.1) is 6.61 Å². The number of hydrogen-bond acceptors (Lipinski definition) is 3. The minimum Gasteiger partial charge on any atom is -0.494 e. The fraction of sp³-hybridized carbons (Fsp3) is 0.200. The van der Waals surface area contributed by atoms with Gasteiger partial charge in [-0.15, -0.1) is 11.8 Å². The van der Waals surface area contributed by atoms with Crippen molar-refractivity contribution >= 4 is 40.0 Å². The molecular weight excluding hydrogens is 369 g/mol. The molecule has 2 rings (SSSR count). The summed E-state index contributed by atoms with van der Waals surface area (Å²) in [6.07, 6.45) is 0. The molecule has 0 aromatic heterocycles. The number of ether oxygens (including phenoxy) is 1. The summed E-state index contributed by atoms with van der Waals surface area (Å²) in [5, 5.41) is 0. The number of benzene rings is 2. The molecule has 19 heavy (non-hydrogen) atoms. The van der Waals surface area contributed by atoms with E-state index in [-0.39, 0.29) is 0 Å². The van der Waals surface area contributed by atoms with Crippen LogP contribution >= 0.6 is 34.4 Å². The van der Waals surface area contributed by atoms with E-state index in [2.05, 4.69) is 46.9 Å².